The Morgan fingerprint density at radius 1 is 1.30 bits per heavy atom. The van der Waals surface area contributed by atoms with Gasteiger partial charge in [-0.2, -0.15) is 0 Å². The van der Waals surface area contributed by atoms with Crippen LogP contribution in [0.5, 0.6) is 0 Å². The van der Waals surface area contributed by atoms with Crippen molar-refractivity contribution in [1.29, 1.82) is 0 Å². The second kappa shape index (κ2) is 7.44. The molecule has 1 heterocycles. The van der Waals surface area contributed by atoms with Crippen LogP contribution in [0.2, 0.25) is 0 Å². The van der Waals surface area contributed by atoms with Gasteiger partial charge < -0.3 is 15.0 Å². The fraction of sp³-hybridized carbons (Fsp3) is 0.588. The van der Waals surface area contributed by atoms with Crippen LogP contribution < -0.4 is 10.9 Å². The molecule has 6 heteroatoms. The molecule has 0 bridgehead atoms. The number of carbonyl (C=O) groups excluding carboxylic acids is 2. The fourth-order valence-electron chi connectivity index (χ4n) is 3.14. The third-order valence-electron chi connectivity index (χ3n) is 4.42. The van der Waals surface area contributed by atoms with Gasteiger partial charge in [-0.05, 0) is 38.2 Å². The Balaban J connectivity index is 1.91. The van der Waals surface area contributed by atoms with Gasteiger partial charge in [0.05, 0.1) is 5.56 Å². The Bertz CT molecular complexity index is 624. The minimum absolute atomic E-state index is 0.159. The molecule has 23 heavy (non-hydrogen) atoms. The molecule has 6 nitrogen and oxygen atoms in total. The molecule has 1 aliphatic carbocycles. The summed E-state index contributed by atoms with van der Waals surface area (Å²) in [6, 6.07) is 1.50. The highest BCUT2D eigenvalue weighted by Crippen LogP contribution is 2.23. The zero-order valence-corrected chi connectivity index (χ0v) is 13.9. The maximum Gasteiger partial charge on any atom is 0.340 e. The first kappa shape index (κ1) is 17.2. The van der Waals surface area contributed by atoms with E-state index in [4.69, 9.17) is 4.74 Å². The predicted molar refractivity (Wildman–Crippen MR) is 86.4 cm³/mol. The number of nitrogens with one attached hydrogen (secondary N) is 2. The third kappa shape index (κ3) is 4.43. The standard InChI is InChI=1S/C17H24N2O4/c1-10-6-4-5-7-13(10)19-15(21)9-23-17(22)16-11(2)8-14(20)18-12(16)3/h8,10,13H,4-7,9H2,1-3H3,(H,18,20)(H,19,21)/t10-,13-/m1/s1. The lowest BCUT2D eigenvalue weighted by atomic mass is 9.86. The highest BCUT2D eigenvalue weighted by Gasteiger charge is 2.23. The Hall–Kier alpha value is -2.11. The zero-order valence-electron chi connectivity index (χ0n) is 13.9. The number of ether oxygens (including phenoxy) is 1. The normalized spacial score (nSPS) is 20.8. The van der Waals surface area contributed by atoms with Gasteiger partial charge in [-0.1, -0.05) is 19.8 Å². The van der Waals surface area contributed by atoms with E-state index in [2.05, 4.69) is 17.2 Å². The molecule has 2 N–H and O–H groups in total. The second-order valence-electron chi connectivity index (χ2n) is 6.33. The average Bonchev–Trinajstić information content (AvgIpc) is 2.46. The van der Waals surface area contributed by atoms with Crippen molar-refractivity contribution in [2.75, 3.05) is 6.61 Å². The number of esters is 1. The summed E-state index contributed by atoms with van der Waals surface area (Å²) in [5.41, 5.74) is 1.03. The number of rotatable bonds is 4. The number of amides is 1. The van der Waals surface area contributed by atoms with Crippen LogP contribution in [0.1, 0.15) is 54.2 Å². The van der Waals surface area contributed by atoms with Crippen molar-refractivity contribution in [2.24, 2.45) is 5.92 Å². The fourth-order valence-corrected chi connectivity index (χ4v) is 3.14. The maximum absolute atomic E-state index is 12.1. The van der Waals surface area contributed by atoms with E-state index < -0.39 is 5.97 Å². The van der Waals surface area contributed by atoms with Crippen LogP contribution in [0.3, 0.4) is 0 Å². The van der Waals surface area contributed by atoms with Gasteiger partial charge >= 0.3 is 5.97 Å². The summed E-state index contributed by atoms with van der Waals surface area (Å²) in [7, 11) is 0. The van der Waals surface area contributed by atoms with Gasteiger partial charge in [-0.15, -0.1) is 0 Å². The van der Waals surface area contributed by atoms with Crippen molar-refractivity contribution in [2.45, 2.75) is 52.5 Å². The van der Waals surface area contributed by atoms with E-state index in [0.717, 1.165) is 19.3 Å². The molecular weight excluding hydrogens is 296 g/mol. The van der Waals surface area contributed by atoms with Crippen LogP contribution in [0, 0.1) is 19.8 Å². The number of pyridine rings is 1. The smallest absolute Gasteiger partial charge is 0.340 e. The maximum atomic E-state index is 12.1. The molecule has 1 aromatic rings. The van der Waals surface area contributed by atoms with Gasteiger partial charge in [0.2, 0.25) is 5.56 Å². The number of hydrogen-bond acceptors (Lipinski definition) is 4. The first-order valence-electron chi connectivity index (χ1n) is 8.05. The highest BCUT2D eigenvalue weighted by atomic mass is 16.5. The molecule has 1 fully saturated rings. The van der Waals surface area contributed by atoms with Crippen LogP contribution in [-0.4, -0.2) is 29.5 Å². The first-order valence-corrected chi connectivity index (χ1v) is 8.05. The highest BCUT2D eigenvalue weighted by molar-refractivity contribution is 5.93. The van der Waals surface area contributed by atoms with Gasteiger partial charge in [-0.25, -0.2) is 4.79 Å². The number of aromatic nitrogens is 1. The summed E-state index contributed by atoms with van der Waals surface area (Å²) in [5.74, 6) is -0.424. The Labute approximate surface area is 135 Å². The summed E-state index contributed by atoms with van der Waals surface area (Å²) in [5, 5.41) is 2.94. The molecule has 0 unspecified atom stereocenters. The Kier molecular flexibility index (Phi) is 5.58. The summed E-state index contributed by atoms with van der Waals surface area (Å²) >= 11 is 0. The molecule has 0 saturated heterocycles. The van der Waals surface area contributed by atoms with Gasteiger partial charge in [-0.3, -0.25) is 9.59 Å². The van der Waals surface area contributed by atoms with Crippen molar-refractivity contribution in [3.05, 3.63) is 33.2 Å². The van der Waals surface area contributed by atoms with Crippen molar-refractivity contribution < 1.29 is 14.3 Å². The monoisotopic (exact) mass is 320 g/mol. The molecule has 1 saturated carbocycles. The number of hydrogen-bond donors (Lipinski definition) is 2. The first-order chi connectivity index (χ1) is 10.9. The number of H-pyrrole nitrogens is 1. The number of aryl methyl sites for hydroxylation is 2. The molecule has 1 amide bonds. The molecule has 0 spiro atoms. The Morgan fingerprint density at radius 3 is 2.65 bits per heavy atom. The molecular formula is C17H24N2O4. The topological polar surface area (TPSA) is 88.3 Å². The molecule has 1 aliphatic rings. The molecule has 0 radical (unpaired) electrons. The van der Waals surface area contributed by atoms with Gasteiger partial charge in [0, 0.05) is 17.8 Å². The minimum atomic E-state index is -0.594. The van der Waals surface area contributed by atoms with Crippen molar-refractivity contribution in [3.8, 4) is 0 Å². The molecule has 2 atom stereocenters. The van der Waals surface area contributed by atoms with E-state index >= 15 is 0 Å². The zero-order chi connectivity index (χ0) is 17.0. The molecule has 2 rings (SSSR count). The van der Waals surface area contributed by atoms with E-state index in [1.165, 1.54) is 12.5 Å². The van der Waals surface area contributed by atoms with Crippen LogP contribution >= 0.6 is 0 Å². The molecule has 0 aliphatic heterocycles. The van der Waals surface area contributed by atoms with Gasteiger partial charge in [0.25, 0.3) is 5.91 Å². The van der Waals surface area contributed by atoms with Crippen LogP contribution in [-0.2, 0) is 9.53 Å². The van der Waals surface area contributed by atoms with Crippen molar-refractivity contribution in [3.63, 3.8) is 0 Å². The lowest BCUT2D eigenvalue weighted by Crippen LogP contribution is -2.43. The average molecular weight is 320 g/mol. The van der Waals surface area contributed by atoms with E-state index in [1.807, 2.05) is 0 Å². The second-order valence-corrected chi connectivity index (χ2v) is 6.33. The summed E-state index contributed by atoms with van der Waals surface area (Å²) in [6.45, 7) is 5.13. The molecule has 1 aromatic heterocycles. The van der Waals surface area contributed by atoms with Crippen LogP contribution in [0.4, 0.5) is 0 Å². The summed E-state index contributed by atoms with van der Waals surface area (Å²) < 4.78 is 5.10. The lowest BCUT2D eigenvalue weighted by Gasteiger charge is -2.29. The van der Waals surface area contributed by atoms with Crippen LogP contribution in [0.25, 0.3) is 0 Å². The van der Waals surface area contributed by atoms with Gasteiger partial charge in [0.15, 0.2) is 6.61 Å². The number of aromatic amines is 1. The lowest BCUT2D eigenvalue weighted by molar-refractivity contribution is -0.125. The Morgan fingerprint density at radius 2 is 2.00 bits per heavy atom. The van der Waals surface area contributed by atoms with E-state index in [-0.39, 0.29) is 24.1 Å². The van der Waals surface area contributed by atoms with E-state index in [0.29, 0.717) is 22.7 Å². The predicted octanol–water partition coefficient (Wildman–Crippen LogP) is 1.84. The largest absolute Gasteiger partial charge is 0.452 e. The van der Waals surface area contributed by atoms with E-state index in [9.17, 15) is 14.4 Å². The molecule has 126 valence electrons. The summed E-state index contributed by atoms with van der Waals surface area (Å²) in [6.07, 6.45) is 4.40. The minimum Gasteiger partial charge on any atom is -0.452 e. The van der Waals surface area contributed by atoms with E-state index in [1.54, 1.807) is 13.8 Å². The van der Waals surface area contributed by atoms with Crippen LogP contribution in [0.15, 0.2) is 10.9 Å². The summed E-state index contributed by atoms with van der Waals surface area (Å²) in [4.78, 5) is 38.0. The van der Waals surface area contributed by atoms with Gasteiger partial charge in [0.1, 0.15) is 0 Å². The van der Waals surface area contributed by atoms with Crippen molar-refractivity contribution >= 4 is 11.9 Å². The third-order valence-corrected chi connectivity index (χ3v) is 4.42. The quantitative estimate of drug-likeness (QED) is 0.829. The van der Waals surface area contributed by atoms with Crippen molar-refractivity contribution in [1.82, 2.24) is 10.3 Å². The SMILES string of the molecule is Cc1cc(=O)[nH]c(C)c1C(=O)OCC(=O)N[C@@H]1CCCC[C@H]1C. The molecule has 0 aromatic carbocycles. The number of carbonyl (C=O) groups is 2.